The molecule has 2 aromatic rings. The van der Waals surface area contributed by atoms with Crippen LogP contribution in [-0.4, -0.2) is 31.7 Å². The number of benzene rings is 2. The first-order valence-electron chi connectivity index (χ1n) is 8.11. The monoisotopic (exact) mass is 382 g/mol. The van der Waals surface area contributed by atoms with Gasteiger partial charge in [0.25, 0.3) is 5.91 Å². The molecule has 1 N–H and O–H groups in total. The summed E-state index contributed by atoms with van der Waals surface area (Å²) in [5.41, 5.74) is 0.415. The lowest BCUT2D eigenvalue weighted by molar-refractivity contribution is 0.0950. The summed E-state index contributed by atoms with van der Waals surface area (Å²) in [5.74, 6) is -2.01. The summed E-state index contributed by atoms with van der Waals surface area (Å²) in [6.45, 7) is 4.02. The van der Waals surface area contributed by atoms with E-state index in [4.69, 9.17) is 0 Å². The van der Waals surface area contributed by atoms with Crippen LogP contribution in [0, 0.1) is 11.6 Å². The van der Waals surface area contributed by atoms with Gasteiger partial charge in [0.1, 0.15) is 11.6 Å². The number of amides is 1. The van der Waals surface area contributed by atoms with Crippen LogP contribution < -0.4 is 5.32 Å². The first kappa shape index (κ1) is 20.0. The molecule has 0 aliphatic carbocycles. The Kier molecular flexibility index (Phi) is 6.44. The maximum absolute atomic E-state index is 13.2. The van der Waals surface area contributed by atoms with Crippen LogP contribution in [0.5, 0.6) is 0 Å². The van der Waals surface area contributed by atoms with Crippen molar-refractivity contribution < 1.29 is 22.0 Å². The van der Waals surface area contributed by atoms with E-state index in [2.05, 4.69) is 5.32 Å². The minimum absolute atomic E-state index is 0.0191. The third-order valence-electron chi connectivity index (χ3n) is 3.81. The Balaban J connectivity index is 2.17. The molecule has 1 amide bonds. The maximum Gasteiger partial charge on any atom is 0.251 e. The summed E-state index contributed by atoms with van der Waals surface area (Å²) < 4.78 is 52.7. The second kappa shape index (κ2) is 8.37. The zero-order chi connectivity index (χ0) is 19.3. The summed E-state index contributed by atoms with van der Waals surface area (Å²) in [4.78, 5) is 12.3. The van der Waals surface area contributed by atoms with Gasteiger partial charge in [0.2, 0.25) is 10.0 Å². The Morgan fingerprint density at radius 2 is 1.65 bits per heavy atom. The molecule has 0 heterocycles. The second-order valence-corrected chi connectivity index (χ2v) is 7.52. The number of nitrogens with one attached hydrogen (secondary N) is 1. The van der Waals surface area contributed by atoms with E-state index in [-0.39, 0.29) is 22.6 Å². The molecule has 0 fully saturated rings. The minimum atomic E-state index is -3.68. The highest BCUT2D eigenvalue weighted by Gasteiger charge is 2.22. The van der Waals surface area contributed by atoms with Gasteiger partial charge in [0, 0.05) is 31.3 Å². The topological polar surface area (TPSA) is 66.5 Å². The zero-order valence-electron chi connectivity index (χ0n) is 14.5. The van der Waals surface area contributed by atoms with Crippen molar-refractivity contribution in [2.75, 3.05) is 13.1 Å². The molecule has 8 heteroatoms. The van der Waals surface area contributed by atoms with E-state index in [1.807, 2.05) is 0 Å². The lowest BCUT2D eigenvalue weighted by Crippen LogP contribution is -2.31. The molecule has 0 spiro atoms. The van der Waals surface area contributed by atoms with Crippen LogP contribution >= 0.6 is 0 Å². The number of halogens is 2. The van der Waals surface area contributed by atoms with E-state index >= 15 is 0 Å². The minimum Gasteiger partial charge on any atom is -0.348 e. The lowest BCUT2D eigenvalue weighted by Gasteiger charge is -2.18. The van der Waals surface area contributed by atoms with Crippen molar-refractivity contribution >= 4 is 15.9 Å². The molecule has 140 valence electrons. The van der Waals surface area contributed by atoms with Crippen molar-refractivity contribution in [3.8, 4) is 0 Å². The highest BCUT2D eigenvalue weighted by Crippen LogP contribution is 2.17. The van der Waals surface area contributed by atoms with E-state index in [1.165, 1.54) is 28.6 Å². The van der Waals surface area contributed by atoms with Gasteiger partial charge in [-0.15, -0.1) is 0 Å². The summed E-state index contributed by atoms with van der Waals surface area (Å²) in [6.07, 6.45) is 0. The van der Waals surface area contributed by atoms with Crippen LogP contribution in [0.3, 0.4) is 0 Å². The van der Waals surface area contributed by atoms with E-state index in [1.54, 1.807) is 13.8 Å². The first-order chi connectivity index (χ1) is 12.3. The van der Waals surface area contributed by atoms with E-state index < -0.39 is 27.6 Å². The van der Waals surface area contributed by atoms with Crippen LogP contribution in [0.15, 0.2) is 47.4 Å². The van der Waals surface area contributed by atoms with Gasteiger partial charge >= 0.3 is 0 Å². The average molecular weight is 382 g/mol. The summed E-state index contributed by atoms with van der Waals surface area (Å²) in [5, 5.41) is 2.52. The molecule has 0 bridgehead atoms. The third kappa shape index (κ3) is 4.64. The fourth-order valence-corrected chi connectivity index (χ4v) is 4.01. The fourth-order valence-electron chi connectivity index (χ4n) is 2.51. The fraction of sp³-hybridized carbons (Fsp3) is 0.278. The van der Waals surface area contributed by atoms with Crippen molar-refractivity contribution in [1.82, 2.24) is 9.62 Å². The second-order valence-electron chi connectivity index (χ2n) is 5.58. The number of hydrogen-bond donors (Lipinski definition) is 1. The zero-order valence-corrected chi connectivity index (χ0v) is 15.3. The number of carbonyl (C=O) groups excluding carboxylic acids is 1. The lowest BCUT2D eigenvalue weighted by atomic mass is 10.2. The Hall–Kier alpha value is -2.32. The molecule has 0 aliphatic heterocycles. The van der Waals surface area contributed by atoms with Gasteiger partial charge in [-0.05, 0) is 35.9 Å². The molecule has 2 rings (SSSR count). The molecule has 26 heavy (non-hydrogen) atoms. The van der Waals surface area contributed by atoms with Gasteiger partial charge in [0.05, 0.1) is 4.90 Å². The first-order valence-corrected chi connectivity index (χ1v) is 9.55. The van der Waals surface area contributed by atoms with E-state index in [9.17, 15) is 22.0 Å². The largest absolute Gasteiger partial charge is 0.348 e. The van der Waals surface area contributed by atoms with Gasteiger partial charge in [0.15, 0.2) is 0 Å². The molecule has 5 nitrogen and oxygen atoms in total. The SMILES string of the molecule is CCN(CC)S(=O)(=O)c1cccc(C(=O)NCc2cc(F)cc(F)c2)c1. The maximum atomic E-state index is 13.2. The number of rotatable bonds is 7. The van der Waals surface area contributed by atoms with Crippen molar-refractivity contribution in [2.24, 2.45) is 0 Å². The molecule has 0 radical (unpaired) electrons. The number of carbonyl (C=O) groups is 1. The van der Waals surface area contributed by atoms with Gasteiger partial charge in [-0.1, -0.05) is 19.9 Å². The molecule has 0 atom stereocenters. The van der Waals surface area contributed by atoms with Crippen molar-refractivity contribution in [1.29, 1.82) is 0 Å². The Bertz CT molecular complexity index is 877. The van der Waals surface area contributed by atoms with Gasteiger partial charge in [-0.3, -0.25) is 4.79 Å². The highest BCUT2D eigenvalue weighted by molar-refractivity contribution is 7.89. The highest BCUT2D eigenvalue weighted by atomic mass is 32.2. The number of nitrogens with zero attached hydrogens (tertiary/aromatic N) is 1. The predicted octanol–water partition coefficient (Wildman–Crippen LogP) is 2.93. The number of sulfonamides is 1. The normalized spacial score (nSPS) is 11.6. The third-order valence-corrected chi connectivity index (χ3v) is 5.86. The standard InChI is InChI=1S/C18H20F2N2O3S/c1-3-22(4-2)26(24,25)17-7-5-6-14(10-17)18(23)21-12-13-8-15(19)11-16(20)9-13/h5-11H,3-4,12H2,1-2H3,(H,21,23). The van der Waals surface area contributed by atoms with Crippen LogP contribution in [0.1, 0.15) is 29.8 Å². The van der Waals surface area contributed by atoms with Gasteiger partial charge in [-0.25, -0.2) is 17.2 Å². The molecule has 2 aromatic carbocycles. The summed E-state index contributed by atoms with van der Waals surface area (Å²) in [6, 6.07) is 8.64. The van der Waals surface area contributed by atoms with Crippen LogP contribution in [-0.2, 0) is 16.6 Å². The molecule has 0 aromatic heterocycles. The molecule has 0 unspecified atom stereocenters. The Labute approximate surface area is 151 Å². The van der Waals surface area contributed by atoms with E-state index in [0.717, 1.165) is 18.2 Å². The van der Waals surface area contributed by atoms with Gasteiger partial charge in [-0.2, -0.15) is 4.31 Å². The Morgan fingerprint density at radius 1 is 1.04 bits per heavy atom. The molecular formula is C18H20F2N2O3S. The number of hydrogen-bond acceptors (Lipinski definition) is 3. The van der Waals surface area contributed by atoms with Crippen LogP contribution in [0.25, 0.3) is 0 Å². The van der Waals surface area contributed by atoms with Gasteiger partial charge < -0.3 is 5.32 Å². The Morgan fingerprint density at radius 3 is 2.23 bits per heavy atom. The molecule has 0 saturated carbocycles. The molecule has 0 saturated heterocycles. The van der Waals surface area contributed by atoms with E-state index in [0.29, 0.717) is 13.1 Å². The van der Waals surface area contributed by atoms with Crippen molar-refractivity contribution in [3.05, 3.63) is 65.2 Å². The average Bonchev–Trinajstić information content (AvgIpc) is 2.60. The molecule has 0 aliphatic rings. The predicted molar refractivity (Wildman–Crippen MR) is 94.1 cm³/mol. The smallest absolute Gasteiger partial charge is 0.251 e. The van der Waals surface area contributed by atoms with Crippen LogP contribution in [0.2, 0.25) is 0 Å². The van der Waals surface area contributed by atoms with Crippen molar-refractivity contribution in [3.63, 3.8) is 0 Å². The summed E-state index contributed by atoms with van der Waals surface area (Å²) >= 11 is 0. The quantitative estimate of drug-likeness (QED) is 0.801. The van der Waals surface area contributed by atoms with Crippen molar-refractivity contribution in [2.45, 2.75) is 25.3 Å². The molecular weight excluding hydrogens is 362 g/mol. The summed E-state index contributed by atoms with van der Waals surface area (Å²) in [7, 11) is -3.68. The van der Waals surface area contributed by atoms with Crippen LogP contribution in [0.4, 0.5) is 8.78 Å².